The topological polar surface area (TPSA) is 67.3 Å². The fourth-order valence-corrected chi connectivity index (χ4v) is 5.66. The van der Waals surface area contributed by atoms with E-state index in [0.717, 1.165) is 23.4 Å². The predicted molar refractivity (Wildman–Crippen MR) is 99.5 cm³/mol. The quantitative estimate of drug-likeness (QED) is 0.775. The molecule has 1 aromatic heterocycles. The van der Waals surface area contributed by atoms with Crippen LogP contribution in [0.5, 0.6) is 0 Å². The lowest BCUT2D eigenvalue weighted by atomic mass is 10.1. The van der Waals surface area contributed by atoms with Crippen molar-refractivity contribution in [1.82, 2.24) is 9.88 Å². The summed E-state index contributed by atoms with van der Waals surface area (Å²) in [5, 5.41) is 2.74. The first-order valence-electron chi connectivity index (χ1n) is 8.48. The molecule has 25 heavy (non-hydrogen) atoms. The Morgan fingerprint density at radius 3 is 2.72 bits per heavy atom. The molecule has 1 saturated heterocycles. The molecule has 0 spiro atoms. The van der Waals surface area contributed by atoms with Crippen LogP contribution < -0.4 is 0 Å². The molecule has 0 radical (unpaired) electrons. The first-order valence-corrected chi connectivity index (χ1v) is 11.2. The zero-order valence-corrected chi connectivity index (χ0v) is 15.9. The number of hydrogen-bond acceptors (Lipinski definition) is 5. The third kappa shape index (κ3) is 4.46. The second-order valence-electron chi connectivity index (χ2n) is 6.35. The van der Waals surface area contributed by atoms with Gasteiger partial charge >= 0.3 is 0 Å². The molecule has 0 bridgehead atoms. The number of carbonyl (C=O) groups is 1. The molecule has 2 heterocycles. The highest BCUT2D eigenvalue weighted by atomic mass is 32.2. The lowest BCUT2D eigenvalue weighted by molar-refractivity contribution is 0.0675. The summed E-state index contributed by atoms with van der Waals surface area (Å²) in [4.78, 5) is 19.2. The van der Waals surface area contributed by atoms with Crippen molar-refractivity contribution in [2.75, 3.05) is 11.5 Å². The number of thiazole rings is 1. The lowest BCUT2D eigenvalue weighted by Gasteiger charge is -2.27. The summed E-state index contributed by atoms with van der Waals surface area (Å²) in [5.74, 6) is 0.0101. The highest BCUT2D eigenvalue weighted by Crippen LogP contribution is 2.23. The first-order chi connectivity index (χ1) is 12.0. The maximum atomic E-state index is 13.0. The first kappa shape index (κ1) is 18.1. The van der Waals surface area contributed by atoms with E-state index in [-0.39, 0.29) is 23.5 Å². The summed E-state index contributed by atoms with van der Waals surface area (Å²) in [5.41, 5.74) is 1.41. The van der Waals surface area contributed by atoms with Gasteiger partial charge in [0.25, 0.3) is 5.91 Å². The van der Waals surface area contributed by atoms with Crippen LogP contribution in [0.25, 0.3) is 0 Å². The molecular weight excluding hydrogens is 356 g/mol. The third-order valence-electron chi connectivity index (χ3n) is 4.34. The SMILES string of the molecule is CCCc1nc(C(=O)N(Cc2ccccc2)[C@@H]2CCS(=O)(=O)C2)cs1. The molecule has 0 aliphatic carbocycles. The van der Waals surface area contributed by atoms with Crippen LogP contribution in [0.15, 0.2) is 35.7 Å². The number of aromatic nitrogens is 1. The number of nitrogens with zero attached hydrogens (tertiary/aromatic N) is 2. The number of sulfone groups is 1. The van der Waals surface area contributed by atoms with E-state index in [1.165, 1.54) is 11.3 Å². The van der Waals surface area contributed by atoms with Crippen LogP contribution in [0.3, 0.4) is 0 Å². The summed E-state index contributed by atoms with van der Waals surface area (Å²) < 4.78 is 23.8. The Morgan fingerprint density at radius 2 is 2.08 bits per heavy atom. The van der Waals surface area contributed by atoms with Gasteiger partial charge in [0.15, 0.2) is 9.84 Å². The fraction of sp³-hybridized carbons (Fsp3) is 0.444. The Bertz CT molecular complexity index is 831. The molecule has 1 aliphatic heterocycles. The normalized spacial score (nSPS) is 19.0. The number of rotatable bonds is 6. The molecule has 0 N–H and O–H groups in total. The third-order valence-corrected chi connectivity index (χ3v) is 7.00. The van der Waals surface area contributed by atoms with E-state index in [9.17, 15) is 13.2 Å². The van der Waals surface area contributed by atoms with E-state index >= 15 is 0 Å². The summed E-state index contributed by atoms with van der Waals surface area (Å²) in [6, 6.07) is 9.39. The second kappa shape index (κ2) is 7.66. The van der Waals surface area contributed by atoms with Gasteiger partial charge in [-0.2, -0.15) is 0 Å². The smallest absolute Gasteiger partial charge is 0.273 e. The second-order valence-corrected chi connectivity index (χ2v) is 9.52. The van der Waals surface area contributed by atoms with Crippen LogP contribution >= 0.6 is 11.3 Å². The summed E-state index contributed by atoms with van der Waals surface area (Å²) in [6.45, 7) is 2.48. The van der Waals surface area contributed by atoms with E-state index in [2.05, 4.69) is 11.9 Å². The van der Waals surface area contributed by atoms with Crippen molar-refractivity contribution in [2.45, 2.75) is 38.8 Å². The molecule has 1 atom stereocenters. The van der Waals surface area contributed by atoms with Gasteiger partial charge in [0.2, 0.25) is 0 Å². The molecule has 3 rings (SSSR count). The molecule has 0 unspecified atom stereocenters. The van der Waals surface area contributed by atoms with Gasteiger partial charge in [0, 0.05) is 18.0 Å². The monoisotopic (exact) mass is 378 g/mol. The zero-order chi connectivity index (χ0) is 17.9. The van der Waals surface area contributed by atoms with Crippen LogP contribution in [0, 0.1) is 0 Å². The van der Waals surface area contributed by atoms with Crippen LogP contribution in [-0.2, 0) is 22.8 Å². The van der Waals surface area contributed by atoms with Crippen molar-refractivity contribution in [3.63, 3.8) is 0 Å². The van der Waals surface area contributed by atoms with Crippen molar-refractivity contribution >= 4 is 27.1 Å². The van der Waals surface area contributed by atoms with Crippen LogP contribution in [-0.4, -0.2) is 41.8 Å². The number of amides is 1. The minimum Gasteiger partial charge on any atom is -0.329 e. The van der Waals surface area contributed by atoms with E-state index in [1.807, 2.05) is 30.3 Å². The Morgan fingerprint density at radius 1 is 1.32 bits per heavy atom. The maximum absolute atomic E-state index is 13.0. The zero-order valence-electron chi connectivity index (χ0n) is 14.2. The average Bonchev–Trinajstić information content (AvgIpc) is 3.20. The summed E-state index contributed by atoms with van der Waals surface area (Å²) >= 11 is 1.49. The van der Waals surface area contributed by atoms with E-state index in [1.54, 1.807) is 10.3 Å². The number of carbonyl (C=O) groups excluding carboxylic acids is 1. The number of hydrogen-bond donors (Lipinski definition) is 0. The Balaban J connectivity index is 1.85. The van der Waals surface area contributed by atoms with Crippen LogP contribution in [0.1, 0.15) is 40.8 Å². The van der Waals surface area contributed by atoms with Crippen LogP contribution in [0.2, 0.25) is 0 Å². The van der Waals surface area contributed by atoms with E-state index < -0.39 is 9.84 Å². The standard InChI is InChI=1S/C18H22N2O3S2/c1-2-6-17-19-16(12-24-17)18(21)20(11-14-7-4-3-5-8-14)15-9-10-25(22,23)13-15/h3-5,7-8,12,15H,2,6,9-11,13H2,1H3/t15-/m1/s1. The van der Waals surface area contributed by atoms with Crippen molar-refractivity contribution in [1.29, 1.82) is 0 Å². The Kier molecular flexibility index (Phi) is 5.54. The number of benzene rings is 1. The average molecular weight is 379 g/mol. The maximum Gasteiger partial charge on any atom is 0.273 e. The van der Waals surface area contributed by atoms with Crippen molar-refractivity contribution in [2.24, 2.45) is 0 Å². The summed E-state index contributed by atoms with van der Waals surface area (Å²) in [7, 11) is -3.06. The molecule has 134 valence electrons. The van der Waals surface area contributed by atoms with Crippen LogP contribution in [0.4, 0.5) is 0 Å². The summed E-state index contributed by atoms with van der Waals surface area (Å²) in [6.07, 6.45) is 2.33. The predicted octanol–water partition coefficient (Wildman–Crippen LogP) is 2.93. The highest BCUT2D eigenvalue weighted by molar-refractivity contribution is 7.91. The van der Waals surface area contributed by atoms with Gasteiger partial charge in [0.05, 0.1) is 16.5 Å². The van der Waals surface area contributed by atoms with E-state index in [0.29, 0.717) is 18.7 Å². The Hall–Kier alpha value is -1.73. The molecule has 1 fully saturated rings. The highest BCUT2D eigenvalue weighted by Gasteiger charge is 2.35. The van der Waals surface area contributed by atoms with Gasteiger partial charge in [-0.25, -0.2) is 13.4 Å². The minimum atomic E-state index is -3.06. The van der Waals surface area contributed by atoms with Crippen molar-refractivity contribution < 1.29 is 13.2 Å². The van der Waals surface area contributed by atoms with Gasteiger partial charge in [-0.3, -0.25) is 4.79 Å². The Labute approximate surface area is 152 Å². The number of aryl methyl sites for hydroxylation is 1. The molecule has 1 aromatic carbocycles. The van der Waals surface area contributed by atoms with Gasteiger partial charge < -0.3 is 4.90 Å². The molecule has 2 aromatic rings. The van der Waals surface area contributed by atoms with Gasteiger partial charge in [-0.15, -0.1) is 11.3 Å². The minimum absolute atomic E-state index is 0.0392. The van der Waals surface area contributed by atoms with Gasteiger partial charge in [-0.05, 0) is 24.8 Å². The van der Waals surface area contributed by atoms with Crippen molar-refractivity contribution in [3.8, 4) is 0 Å². The van der Waals surface area contributed by atoms with Crippen molar-refractivity contribution in [3.05, 3.63) is 52.0 Å². The molecule has 0 saturated carbocycles. The molecule has 5 nitrogen and oxygen atoms in total. The lowest BCUT2D eigenvalue weighted by Crippen LogP contribution is -2.40. The molecule has 1 amide bonds. The van der Waals surface area contributed by atoms with Gasteiger partial charge in [-0.1, -0.05) is 37.3 Å². The largest absolute Gasteiger partial charge is 0.329 e. The molecular formula is C18H22N2O3S2. The molecule has 7 heteroatoms. The molecule has 1 aliphatic rings. The fourth-order valence-electron chi connectivity index (χ4n) is 3.05. The van der Waals surface area contributed by atoms with E-state index in [4.69, 9.17) is 0 Å². The van der Waals surface area contributed by atoms with Gasteiger partial charge in [0.1, 0.15) is 5.69 Å².